The minimum absolute atomic E-state index is 0.0819. The second-order valence-electron chi connectivity index (χ2n) is 7.39. The molecule has 0 bridgehead atoms. The summed E-state index contributed by atoms with van der Waals surface area (Å²) in [7, 11) is 0. The number of nitrogens with one attached hydrogen (secondary N) is 2. The Bertz CT molecular complexity index is 1180. The second-order valence-corrected chi connectivity index (χ2v) is 7.39. The molecule has 0 atom stereocenters. The van der Waals surface area contributed by atoms with E-state index in [4.69, 9.17) is 0 Å². The van der Waals surface area contributed by atoms with Gasteiger partial charge < -0.3 is 10.3 Å². The average Bonchev–Trinajstić information content (AvgIpc) is 3.27. The van der Waals surface area contributed by atoms with Crippen molar-refractivity contribution in [3.05, 3.63) is 87.6 Å². The number of anilines is 1. The highest BCUT2D eigenvalue weighted by atomic mass is 16.1. The van der Waals surface area contributed by atoms with Gasteiger partial charge in [-0.1, -0.05) is 54.1 Å². The molecule has 0 spiro atoms. The van der Waals surface area contributed by atoms with Crippen LogP contribution < -0.4 is 11.0 Å². The lowest BCUT2D eigenvalue weighted by Gasteiger charge is -2.11. The Morgan fingerprint density at radius 2 is 1.79 bits per heavy atom. The van der Waals surface area contributed by atoms with Crippen molar-refractivity contribution < 1.29 is 0 Å². The molecule has 6 heteroatoms. The fraction of sp³-hybridized carbons (Fsp3) is 0.227. The van der Waals surface area contributed by atoms with Gasteiger partial charge in [0.25, 0.3) is 0 Å². The zero-order valence-electron chi connectivity index (χ0n) is 15.6. The molecule has 0 amide bonds. The first-order valence-electron chi connectivity index (χ1n) is 9.50. The highest BCUT2D eigenvalue weighted by Gasteiger charge is 2.26. The molecule has 0 aliphatic heterocycles. The standard InChI is InChI=1S/C22H21N5O/c1-14-6-8-15(9-7-14)12-23-20-19-21(25-13-24-20)27(22(28)26-19)18-10-16-4-2-3-5-17(16)11-18/h2-9,13,18H,10-12H2,1H3,(H,26,28)(H,23,24,25). The summed E-state index contributed by atoms with van der Waals surface area (Å²) in [6.45, 7) is 2.70. The largest absolute Gasteiger partial charge is 0.364 e. The van der Waals surface area contributed by atoms with Crippen molar-refractivity contribution in [2.75, 3.05) is 5.32 Å². The van der Waals surface area contributed by atoms with Crippen LogP contribution in [-0.2, 0) is 19.4 Å². The van der Waals surface area contributed by atoms with Crippen LogP contribution in [0, 0.1) is 6.92 Å². The lowest BCUT2D eigenvalue weighted by molar-refractivity contribution is 0.525. The molecular formula is C22H21N5O. The minimum atomic E-state index is -0.133. The molecule has 0 saturated carbocycles. The first-order valence-corrected chi connectivity index (χ1v) is 9.50. The van der Waals surface area contributed by atoms with Crippen LogP contribution in [0.2, 0.25) is 0 Å². The van der Waals surface area contributed by atoms with E-state index < -0.39 is 0 Å². The van der Waals surface area contributed by atoms with Gasteiger partial charge in [-0.2, -0.15) is 0 Å². The number of aryl methyl sites for hydroxylation is 1. The average molecular weight is 371 g/mol. The Morgan fingerprint density at radius 1 is 1.07 bits per heavy atom. The van der Waals surface area contributed by atoms with Gasteiger partial charge in [0.2, 0.25) is 0 Å². The lowest BCUT2D eigenvalue weighted by Crippen LogP contribution is -2.23. The third kappa shape index (κ3) is 2.87. The van der Waals surface area contributed by atoms with Gasteiger partial charge in [0.05, 0.1) is 0 Å². The number of rotatable bonds is 4. The van der Waals surface area contributed by atoms with Crippen molar-refractivity contribution in [2.45, 2.75) is 32.4 Å². The van der Waals surface area contributed by atoms with Crippen LogP contribution >= 0.6 is 0 Å². The molecule has 0 radical (unpaired) electrons. The monoisotopic (exact) mass is 371 g/mol. The Labute approximate surface area is 162 Å². The molecule has 2 heterocycles. The topological polar surface area (TPSA) is 75.6 Å². The molecule has 28 heavy (non-hydrogen) atoms. The second kappa shape index (κ2) is 6.64. The van der Waals surface area contributed by atoms with Crippen LogP contribution in [0.4, 0.5) is 5.82 Å². The first kappa shape index (κ1) is 16.7. The quantitative estimate of drug-likeness (QED) is 0.577. The predicted molar refractivity (Wildman–Crippen MR) is 110 cm³/mol. The minimum Gasteiger partial charge on any atom is -0.364 e. The van der Waals surface area contributed by atoms with Crippen LogP contribution in [-0.4, -0.2) is 19.5 Å². The third-order valence-corrected chi connectivity index (χ3v) is 5.48. The normalized spacial score (nSPS) is 13.8. The fourth-order valence-corrected chi connectivity index (χ4v) is 4.02. The summed E-state index contributed by atoms with van der Waals surface area (Å²) in [5.74, 6) is 0.650. The van der Waals surface area contributed by atoms with E-state index >= 15 is 0 Å². The number of nitrogens with zero attached hydrogens (tertiary/aromatic N) is 3. The molecule has 0 unspecified atom stereocenters. The highest BCUT2D eigenvalue weighted by Crippen LogP contribution is 2.31. The third-order valence-electron chi connectivity index (χ3n) is 5.48. The van der Waals surface area contributed by atoms with E-state index in [0.717, 1.165) is 18.4 Å². The van der Waals surface area contributed by atoms with Crippen LogP contribution in [0.15, 0.2) is 59.7 Å². The van der Waals surface area contributed by atoms with E-state index in [1.807, 2.05) is 0 Å². The number of H-pyrrole nitrogens is 1. The van der Waals surface area contributed by atoms with Gasteiger partial charge in [0.1, 0.15) is 11.8 Å². The van der Waals surface area contributed by atoms with E-state index in [1.54, 1.807) is 4.57 Å². The summed E-state index contributed by atoms with van der Waals surface area (Å²) < 4.78 is 1.79. The molecule has 0 fully saturated rings. The summed E-state index contributed by atoms with van der Waals surface area (Å²) in [5, 5.41) is 3.34. The maximum absolute atomic E-state index is 12.8. The van der Waals surface area contributed by atoms with Gasteiger partial charge in [-0.25, -0.2) is 14.8 Å². The van der Waals surface area contributed by atoms with Crippen LogP contribution in [0.5, 0.6) is 0 Å². The maximum Gasteiger partial charge on any atom is 0.328 e. The molecule has 5 rings (SSSR count). The van der Waals surface area contributed by atoms with Gasteiger partial charge in [0, 0.05) is 12.6 Å². The summed E-state index contributed by atoms with van der Waals surface area (Å²) in [6, 6.07) is 16.8. The molecule has 6 nitrogen and oxygen atoms in total. The van der Waals surface area contributed by atoms with Crippen molar-refractivity contribution in [1.29, 1.82) is 0 Å². The fourth-order valence-electron chi connectivity index (χ4n) is 4.02. The van der Waals surface area contributed by atoms with E-state index in [-0.39, 0.29) is 11.7 Å². The number of hydrogen-bond acceptors (Lipinski definition) is 4. The van der Waals surface area contributed by atoms with Gasteiger partial charge >= 0.3 is 5.69 Å². The van der Waals surface area contributed by atoms with Gasteiger partial charge in [0.15, 0.2) is 11.5 Å². The Balaban J connectivity index is 1.46. The summed E-state index contributed by atoms with van der Waals surface area (Å²) in [4.78, 5) is 24.5. The van der Waals surface area contributed by atoms with Gasteiger partial charge in [-0.3, -0.25) is 4.57 Å². The van der Waals surface area contributed by atoms with Crippen LogP contribution in [0.25, 0.3) is 11.2 Å². The van der Waals surface area contributed by atoms with Crippen molar-refractivity contribution in [3.63, 3.8) is 0 Å². The zero-order chi connectivity index (χ0) is 19.1. The van der Waals surface area contributed by atoms with E-state index in [9.17, 15) is 4.79 Å². The van der Waals surface area contributed by atoms with Crippen molar-refractivity contribution >= 4 is 17.0 Å². The Hall–Kier alpha value is -3.41. The number of aromatic amines is 1. The number of hydrogen-bond donors (Lipinski definition) is 2. The predicted octanol–water partition coefficient (Wildman–Crippen LogP) is 3.38. The van der Waals surface area contributed by atoms with Crippen molar-refractivity contribution in [2.24, 2.45) is 0 Å². The van der Waals surface area contributed by atoms with Crippen LogP contribution in [0.3, 0.4) is 0 Å². The van der Waals surface area contributed by atoms with Crippen LogP contribution in [0.1, 0.15) is 28.3 Å². The summed E-state index contributed by atoms with van der Waals surface area (Å²) in [6.07, 6.45) is 3.21. The SMILES string of the molecule is Cc1ccc(CNc2ncnc3c2[nH]c(=O)n3C2Cc3ccccc3C2)cc1. The highest BCUT2D eigenvalue weighted by molar-refractivity contribution is 5.82. The number of aromatic nitrogens is 4. The molecule has 1 aliphatic rings. The van der Waals surface area contributed by atoms with Crippen molar-refractivity contribution in [3.8, 4) is 0 Å². The van der Waals surface area contributed by atoms with Crippen molar-refractivity contribution in [1.82, 2.24) is 19.5 Å². The molecule has 1 aliphatic carbocycles. The summed E-state index contributed by atoms with van der Waals surface area (Å²) >= 11 is 0. The number of imidazole rings is 1. The first-order chi connectivity index (χ1) is 13.7. The maximum atomic E-state index is 12.8. The Kier molecular flexibility index (Phi) is 3.97. The summed E-state index contributed by atoms with van der Waals surface area (Å²) in [5.41, 5.74) is 6.19. The molecule has 2 aromatic carbocycles. The van der Waals surface area contributed by atoms with E-state index in [1.165, 1.54) is 23.0 Å². The van der Waals surface area contributed by atoms with E-state index in [2.05, 4.69) is 75.7 Å². The zero-order valence-corrected chi connectivity index (χ0v) is 15.6. The smallest absolute Gasteiger partial charge is 0.328 e. The Morgan fingerprint density at radius 3 is 2.50 bits per heavy atom. The number of benzene rings is 2. The molecular weight excluding hydrogens is 350 g/mol. The molecule has 0 saturated heterocycles. The molecule has 4 aromatic rings. The molecule has 2 N–H and O–H groups in total. The molecule has 2 aromatic heterocycles. The van der Waals surface area contributed by atoms with Gasteiger partial charge in [-0.05, 0) is 36.5 Å². The lowest BCUT2D eigenvalue weighted by atomic mass is 10.1. The van der Waals surface area contributed by atoms with Gasteiger partial charge in [-0.15, -0.1) is 0 Å². The number of fused-ring (bicyclic) bond motifs is 2. The molecule has 140 valence electrons. The van der Waals surface area contributed by atoms with E-state index in [0.29, 0.717) is 23.5 Å².